The van der Waals surface area contributed by atoms with Gasteiger partial charge in [0, 0.05) is 23.0 Å². The van der Waals surface area contributed by atoms with Gasteiger partial charge >= 0.3 is 17.9 Å². The Morgan fingerprint density at radius 1 is 1.23 bits per heavy atom. The quantitative estimate of drug-likeness (QED) is 0.568. The van der Waals surface area contributed by atoms with Crippen molar-refractivity contribution in [3.8, 4) is 0 Å². The molecule has 2 atom stereocenters. The maximum absolute atomic E-state index is 12.3. The molecule has 0 radical (unpaired) electrons. The fourth-order valence-electron chi connectivity index (χ4n) is 3.02. The highest BCUT2D eigenvalue weighted by Gasteiger charge is 2.32. The standard InChI is InChI=1S/C16H16ClNO2S.C4H6O5/c1-20-16(19)15(12-4-2-3-5-13(12)17)18-8-6-14-11(10-18)7-9-21-14;5-2(4(8)9)1-3(6)7/h2-5,7,9,15H,6,8,10H2,1H3;2,5H,1H2,(H,6,7)(H,8,9). The van der Waals surface area contributed by atoms with E-state index in [9.17, 15) is 14.4 Å². The molecule has 2 unspecified atom stereocenters. The van der Waals surface area contributed by atoms with Gasteiger partial charge < -0.3 is 20.1 Å². The molecule has 8 nitrogen and oxygen atoms in total. The SMILES string of the molecule is COC(=O)C(c1ccccc1Cl)N1CCc2sccc2C1.O=C(O)CC(O)C(=O)O. The zero-order valence-corrected chi connectivity index (χ0v) is 17.7. The number of aliphatic carboxylic acids is 2. The second-order valence-electron chi connectivity index (χ2n) is 6.49. The van der Waals surface area contributed by atoms with Gasteiger partial charge in [-0.25, -0.2) is 9.59 Å². The van der Waals surface area contributed by atoms with Crippen molar-refractivity contribution in [1.29, 1.82) is 0 Å². The Hall–Kier alpha value is -2.46. The number of aliphatic hydroxyl groups is 1. The molecule has 3 N–H and O–H groups in total. The fourth-order valence-corrected chi connectivity index (χ4v) is 4.15. The van der Waals surface area contributed by atoms with Crippen LogP contribution in [0.25, 0.3) is 0 Å². The lowest BCUT2D eigenvalue weighted by Gasteiger charge is -2.33. The van der Waals surface area contributed by atoms with Crippen LogP contribution in [0.2, 0.25) is 5.02 Å². The number of halogens is 1. The number of rotatable bonds is 6. The average molecular weight is 456 g/mol. The predicted molar refractivity (Wildman–Crippen MR) is 111 cm³/mol. The molecular weight excluding hydrogens is 434 g/mol. The second kappa shape index (κ2) is 11.1. The highest BCUT2D eigenvalue weighted by Crippen LogP contribution is 2.33. The lowest BCUT2D eigenvalue weighted by molar-refractivity contribution is -0.152. The number of aliphatic hydroxyl groups excluding tert-OH is 1. The van der Waals surface area contributed by atoms with E-state index in [0.717, 1.165) is 25.1 Å². The first-order valence-electron chi connectivity index (χ1n) is 8.98. The van der Waals surface area contributed by atoms with E-state index in [-0.39, 0.29) is 5.97 Å². The number of carbonyl (C=O) groups excluding carboxylic acids is 1. The van der Waals surface area contributed by atoms with Crippen LogP contribution in [-0.4, -0.2) is 57.9 Å². The Kier molecular flexibility index (Phi) is 8.79. The van der Waals surface area contributed by atoms with Crippen LogP contribution >= 0.6 is 22.9 Å². The third-order valence-electron chi connectivity index (χ3n) is 4.48. The molecule has 1 aliphatic heterocycles. The van der Waals surface area contributed by atoms with Gasteiger partial charge in [-0.15, -0.1) is 11.3 Å². The van der Waals surface area contributed by atoms with Crippen molar-refractivity contribution in [2.75, 3.05) is 13.7 Å². The summed E-state index contributed by atoms with van der Waals surface area (Å²) < 4.78 is 5.01. The highest BCUT2D eigenvalue weighted by molar-refractivity contribution is 7.10. The van der Waals surface area contributed by atoms with Crippen molar-refractivity contribution < 1.29 is 34.4 Å². The second-order valence-corrected chi connectivity index (χ2v) is 7.90. The van der Waals surface area contributed by atoms with Gasteiger partial charge in [0.2, 0.25) is 0 Å². The van der Waals surface area contributed by atoms with Gasteiger partial charge in [-0.3, -0.25) is 9.69 Å². The first-order valence-corrected chi connectivity index (χ1v) is 10.2. The number of benzene rings is 1. The average Bonchev–Trinajstić information content (AvgIpc) is 3.17. The van der Waals surface area contributed by atoms with Crippen molar-refractivity contribution in [3.63, 3.8) is 0 Å². The summed E-state index contributed by atoms with van der Waals surface area (Å²) in [6.07, 6.45) is -1.58. The van der Waals surface area contributed by atoms with Crippen molar-refractivity contribution in [3.05, 3.63) is 56.7 Å². The summed E-state index contributed by atoms with van der Waals surface area (Å²) in [6, 6.07) is 9.16. The van der Waals surface area contributed by atoms with Crippen molar-refractivity contribution in [2.24, 2.45) is 0 Å². The molecule has 1 aromatic carbocycles. The van der Waals surface area contributed by atoms with Crippen molar-refractivity contribution >= 4 is 40.8 Å². The van der Waals surface area contributed by atoms with E-state index in [0.29, 0.717) is 5.02 Å². The maximum atomic E-state index is 12.3. The Bertz CT molecular complexity index is 901. The summed E-state index contributed by atoms with van der Waals surface area (Å²) in [5.41, 5.74) is 2.11. The molecular formula is C20H22ClNO7S. The summed E-state index contributed by atoms with van der Waals surface area (Å²) in [5.74, 6) is -3.11. The van der Waals surface area contributed by atoms with Gasteiger partial charge in [0.05, 0.1) is 13.5 Å². The summed E-state index contributed by atoms with van der Waals surface area (Å²) >= 11 is 8.07. The van der Waals surface area contributed by atoms with Gasteiger partial charge in [-0.05, 0) is 35.1 Å². The molecule has 3 rings (SSSR count). The van der Waals surface area contributed by atoms with Gasteiger partial charge in [0.1, 0.15) is 6.04 Å². The minimum Gasteiger partial charge on any atom is -0.481 e. The smallest absolute Gasteiger partial charge is 0.333 e. The van der Waals surface area contributed by atoms with Crippen LogP contribution in [0.5, 0.6) is 0 Å². The van der Waals surface area contributed by atoms with Crippen LogP contribution in [0.1, 0.15) is 28.5 Å². The molecule has 0 amide bonds. The first kappa shape index (κ1) is 23.8. The zero-order valence-electron chi connectivity index (χ0n) is 16.2. The van der Waals surface area contributed by atoms with Crippen LogP contribution in [0.3, 0.4) is 0 Å². The fraction of sp³-hybridized carbons (Fsp3) is 0.350. The number of esters is 1. The molecule has 30 heavy (non-hydrogen) atoms. The minimum atomic E-state index is -1.79. The number of carbonyl (C=O) groups is 3. The van der Waals surface area contributed by atoms with E-state index in [1.54, 1.807) is 11.3 Å². The topological polar surface area (TPSA) is 124 Å². The number of carboxylic acids is 2. The van der Waals surface area contributed by atoms with Crippen LogP contribution in [-0.2, 0) is 32.1 Å². The van der Waals surface area contributed by atoms with Gasteiger partial charge in [0.25, 0.3) is 0 Å². The van der Waals surface area contributed by atoms with E-state index in [2.05, 4.69) is 16.3 Å². The number of carboxylic acid groups (broad SMARTS) is 2. The Balaban J connectivity index is 0.000000303. The lowest BCUT2D eigenvalue weighted by atomic mass is 10.0. The first-order chi connectivity index (χ1) is 14.2. The van der Waals surface area contributed by atoms with Gasteiger partial charge in [-0.2, -0.15) is 0 Å². The molecule has 10 heteroatoms. The monoisotopic (exact) mass is 455 g/mol. The van der Waals surface area contributed by atoms with E-state index in [1.165, 1.54) is 17.6 Å². The third kappa shape index (κ3) is 6.27. The summed E-state index contributed by atoms with van der Waals surface area (Å²) in [4.78, 5) is 35.3. The van der Waals surface area contributed by atoms with E-state index in [4.69, 9.17) is 31.7 Å². The molecule has 0 fully saturated rings. The third-order valence-corrected chi connectivity index (χ3v) is 5.85. The normalized spacial score (nSPS) is 15.2. The zero-order chi connectivity index (χ0) is 22.3. The Morgan fingerprint density at radius 2 is 1.93 bits per heavy atom. The molecule has 2 heterocycles. The molecule has 2 aromatic rings. The number of hydrogen-bond acceptors (Lipinski definition) is 7. The molecule has 1 aromatic heterocycles. The largest absolute Gasteiger partial charge is 0.481 e. The highest BCUT2D eigenvalue weighted by atomic mass is 35.5. The maximum Gasteiger partial charge on any atom is 0.333 e. The van der Waals surface area contributed by atoms with Gasteiger partial charge in [0.15, 0.2) is 6.10 Å². The van der Waals surface area contributed by atoms with E-state index in [1.807, 2.05) is 24.3 Å². The minimum absolute atomic E-state index is 0.262. The summed E-state index contributed by atoms with van der Waals surface area (Å²) in [5, 5.41) is 26.9. The summed E-state index contributed by atoms with van der Waals surface area (Å²) in [6.45, 7) is 1.59. The van der Waals surface area contributed by atoms with Gasteiger partial charge in [-0.1, -0.05) is 29.8 Å². The van der Waals surface area contributed by atoms with Crippen molar-refractivity contribution in [2.45, 2.75) is 31.5 Å². The number of fused-ring (bicyclic) bond motifs is 1. The number of hydrogen-bond donors (Lipinski definition) is 3. The van der Waals surface area contributed by atoms with E-state index >= 15 is 0 Å². The molecule has 0 aliphatic carbocycles. The Morgan fingerprint density at radius 3 is 2.50 bits per heavy atom. The van der Waals surface area contributed by atoms with Crippen LogP contribution in [0.4, 0.5) is 0 Å². The molecule has 0 saturated heterocycles. The van der Waals surface area contributed by atoms with Crippen LogP contribution in [0.15, 0.2) is 35.7 Å². The number of methoxy groups -OCH3 is 1. The van der Waals surface area contributed by atoms with Crippen LogP contribution < -0.4 is 0 Å². The lowest BCUT2D eigenvalue weighted by Crippen LogP contribution is -2.38. The van der Waals surface area contributed by atoms with Crippen molar-refractivity contribution in [1.82, 2.24) is 4.90 Å². The Labute approximate surface area is 182 Å². The summed E-state index contributed by atoms with van der Waals surface area (Å²) in [7, 11) is 1.42. The van der Waals surface area contributed by atoms with Crippen LogP contribution in [0, 0.1) is 0 Å². The molecule has 0 spiro atoms. The van der Waals surface area contributed by atoms with E-state index < -0.39 is 30.5 Å². The molecule has 162 valence electrons. The number of ether oxygens (including phenoxy) is 1. The number of thiophene rings is 1. The molecule has 1 aliphatic rings. The predicted octanol–water partition coefficient (Wildman–Crippen LogP) is 2.58. The number of nitrogens with zero attached hydrogens (tertiary/aromatic N) is 1. The molecule has 0 bridgehead atoms. The molecule has 0 saturated carbocycles.